The van der Waals surface area contributed by atoms with Gasteiger partial charge in [0.1, 0.15) is 0 Å². The first-order chi connectivity index (χ1) is 12.9. The minimum Gasteiger partial charge on any atom is -0.379 e. The van der Waals surface area contributed by atoms with Crippen molar-refractivity contribution < 1.29 is 14.3 Å². The van der Waals surface area contributed by atoms with Crippen molar-refractivity contribution in [2.24, 2.45) is 11.7 Å². The second-order valence-corrected chi connectivity index (χ2v) is 7.38. The Labute approximate surface area is 165 Å². The third-order valence-corrected chi connectivity index (χ3v) is 5.03. The quantitative estimate of drug-likeness (QED) is 0.607. The highest BCUT2D eigenvalue weighted by molar-refractivity contribution is 6.31. The summed E-state index contributed by atoms with van der Waals surface area (Å²) in [5, 5.41) is 6.14. The molecule has 1 saturated heterocycles. The lowest BCUT2D eigenvalue weighted by molar-refractivity contribution is -0.127. The molecule has 8 heteroatoms. The highest BCUT2D eigenvalue weighted by Gasteiger charge is 2.25. The molecular weight excluding hydrogens is 368 g/mol. The van der Waals surface area contributed by atoms with E-state index in [0.717, 1.165) is 18.7 Å². The molecule has 0 bridgehead atoms. The first-order valence-corrected chi connectivity index (χ1v) is 9.64. The summed E-state index contributed by atoms with van der Waals surface area (Å²) >= 11 is 6.38. The number of amides is 2. The van der Waals surface area contributed by atoms with Gasteiger partial charge in [0.05, 0.1) is 31.8 Å². The Hall–Kier alpha value is -1.67. The van der Waals surface area contributed by atoms with Gasteiger partial charge in [0.15, 0.2) is 0 Å². The molecule has 0 spiro atoms. The molecule has 0 radical (unpaired) electrons. The van der Waals surface area contributed by atoms with Crippen molar-refractivity contribution in [2.75, 3.05) is 39.4 Å². The van der Waals surface area contributed by atoms with Crippen LogP contribution in [0.4, 0.5) is 0 Å². The van der Waals surface area contributed by atoms with E-state index >= 15 is 0 Å². The molecule has 27 heavy (non-hydrogen) atoms. The molecule has 1 aliphatic heterocycles. The summed E-state index contributed by atoms with van der Waals surface area (Å²) < 4.78 is 5.43. The third-order valence-electron chi connectivity index (χ3n) is 4.69. The number of nitrogens with one attached hydrogen (secondary N) is 2. The van der Waals surface area contributed by atoms with Crippen LogP contribution in [-0.4, -0.2) is 62.1 Å². The molecule has 7 nitrogen and oxygen atoms in total. The van der Waals surface area contributed by atoms with Crippen molar-refractivity contribution in [3.05, 3.63) is 34.9 Å². The number of hydrogen-bond donors (Lipinski definition) is 3. The molecule has 0 saturated carbocycles. The first kappa shape index (κ1) is 21.6. The number of nitrogens with two attached hydrogens (primary N) is 1. The number of carbonyl (C=O) groups is 2. The van der Waals surface area contributed by atoms with E-state index in [1.54, 1.807) is 0 Å². The summed E-state index contributed by atoms with van der Waals surface area (Å²) in [6, 6.07) is 6.96. The molecule has 0 aliphatic carbocycles. The zero-order valence-electron chi connectivity index (χ0n) is 15.9. The van der Waals surface area contributed by atoms with Crippen molar-refractivity contribution >= 4 is 23.4 Å². The summed E-state index contributed by atoms with van der Waals surface area (Å²) in [6.45, 7) is 6.86. The number of hydrogen-bond acceptors (Lipinski definition) is 5. The predicted molar refractivity (Wildman–Crippen MR) is 105 cm³/mol. The fourth-order valence-electron chi connectivity index (χ4n) is 2.93. The molecule has 2 atom stereocenters. The van der Waals surface area contributed by atoms with E-state index in [9.17, 15) is 9.59 Å². The van der Waals surface area contributed by atoms with Gasteiger partial charge in [-0.25, -0.2) is 0 Å². The van der Waals surface area contributed by atoms with Gasteiger partial charge >= 0.3 is 0 Å². The smallest absolute Gasteiger partial charge is 0.239 e. The van der Waals surface area contributed by atoms with Crippen LogP contribution in [-0.2, 0) is 14.3 Å². The van der Waals surface area contributed by atoms with Crippen LogP contribution < -0.4 is 16.4 Å². The normalized spacial score (nSPS) is 17.4. The molecule has 2 amide bonds. The summed E-state index contributed by atoms with van der Waals surface area (Å²) in [4.78, 5) is 26.3. The molecule has 0 aromatic heterocycles. The van der Waals surface area contributed by atoms with Gasteiger partial charge < -0.3 is 21.1 Å². The lowest BCUT2D eigenvalue weighted by Gasteiger charge is -2.35. The Bertz CT molecular complexity index is 635. The van der Waals surface area contributed by atoms with E-state index in [4.69, 9.17) is 22.1 Å². The lowest BCUT2D eigenvalue weighted by Crippen LogP contribution is -2.48. The number of benzene rings is 1. The first-order valence-electron chi connectivity index (χ1n) is 9.26. The molecule has 150 valence electrons. The maximum atomic E-state index is 12.2. The number of morpholine rings is 1. The third kappa shape index (κ3) is 6.46. The van der Waals surface area contributed by atoms with E-state index in [0.29, 0.717) is 24.8 Å². The van der Waals surface area contributed by atoms with Crippen LogP contribution in [0.2, 0.25) is 5.02 Å². The van der Waals surface area contributed by atoms with Crippen LogP contribution in [0.3, 0.4) is 0 Å². The molecule has 1 aliphatic rings. The van der Waals surface area contributed by atoms with Gasteiger partial charge in [-0.15, -0.1) is 0 Å². The Morgan fingerprint density at radius 2 is 1.89 bits per heavy atom. The van der Waals surface area contributed by atoms with Crippen LogP contribution in [0, 0.1) is 5.92 Å². The molecule has 1 aromatic carbocycles. The lowest BCUT2D eigenvalue weighted by atomic mass is 10.0. The van der Waals surface area contributed by atoms with E-state index in [2.05, 4.69) is 15.5 Å². The van der Waals surface area contributed by atoms with Crippen molar-refractivity contribution in [3.8, 4) is 0 Å². The topological polar surface area (TPSA) is 96.7 Å². The summed E-state index contributed by atoms with van der Waals surface area (Å²) in [6.07, 6.45) is 0. The number of ether oxygens (including phenoxy) is 1. The van der Waals surface area contributed by atoms with Gasteiger partial charge in [0.25, 0.3) is 0 Å². The average Bonchev–Trinajstić information content (AvgIpc) is 2.67. The van der Waals surface area contributed by atoms with Gasteiger partial charge in [-0.05, 0) is 17.5 Å². The molecule has 1 heterocycles. The van der Waals surface area contributed by atoms with Crippen molar-refractivity contribution in [1.82, 2.24) is 15.5 Å². The van der Waals surface area contributed by atoms with Gasteiger partial charge in [-0.3, -0.25) is 14.5 Å². The fourth-order valence-corrected chi connectivity index (χ4v) is 3.19. The van der Waals surface area contributed by atoms with Crippen LogP contribution in [0.5, 0.6) is 0 Å². The Balaban J connectivity index is 1.94. The van der Waals surface area contributed by atoms with E-state index in [1.165, 1.54) is 0 Å². The SMILES string of the molecule is CC(C)[C@H](N)C(=O)NCC(=O)NCC(c1ccccc1Cl)N1CCOCC1. The monoisotopic (exact) mass is 396 g/mol. The Morgan fingerprint density at radius 3 is 2.52 bits per heavy atom. The number of rotatable bonds is 8. The molecule has 2 rings (SSSR count). The number of nitrogens with zero attached hydrogens (tertiary/aromatic N) is 1. The van der Waals surface area contributed by atoms with Crippen LogP contribution in [0.1, 0.15) is 25.5 Å². The van der Waals surface area contributed by atoms with Gasteiger partial charge in [0, 0.05) is 24.7 Å². The summed E-state index contributed by atoms with van der Waals surface area (Å²) in [5.74, 6) is -0.570. The maximum absolute atomic E-state index is 12.2. The standard InChI is InChI=1S/C19H29ClN4O3/c1-13(2)18(21)19(26)23-12-17(25)22-11-16(24-7-9-27-10-8-24)14-5-3-4-6-15(14)20/h3-6,13,16,18H,7-12,21H2,1-2H3,(H,22,25)(H,23,26)/t16?,18-/m0/s1. The van der Waals surface area contributed by atoms with Crippen molar-refractivity contribution in [2.45, 2.75) is 25.9 Å². The zero-order valence-corrected chi connectivity index (χ0v) is 16.7. The minimum absolute atomic E-state index is 0.0129. The van der Waals surface area contributed by atoms with E-state index < -0.39 is 6.04 Å². The van der Waals surface area contributed by atoms with E-state index in [-0.39, 0.29) is 30.3 Å². The van der Waals surface area contributed by atoms with Gasteiger partial charge in [0.2, 0.25) is 11.8 Å². The average molecular weight is 397 g/mol. The highest BCUT2D eigenvalue weighted by Crippen LogP contribution is 2.27. The summed E-state index contributed by atoms with van der Waals surface area (Å²) in [5.41, 5.74) is 6.75. The van der Waals surface area contributed by atoms with Gasteiger partial charge in [-0.2, -0.15) is 0 Å². The minimum atomic E-state index is -0.623. The maximum Gasteiger partial charge on any atom is 0.239 e. The Morgan fingerprint density at radius 1 is 1.22 bits per heavy atom. The van der Waals surface area contributed by atoms with Crippen molar-refractivity contribution in [3.63, 3.8) is 0 Å². The predicted octanol–water partition coefficient (Wildman–Crippen LogP) is 0.929. The molecule has 4 N–H and O–H groups in total. The zero-order chi connectivity index (χ0) is 19.8. The highest BCUT2D eigenvalue weighted by atomic mass is 35.5. The van der Waals surface area contributed by atoms with E-state index in [1.807, 2.05) is 38.1 Å². The van der Waals surface area contributed by atoms with Crippen LogP contribution in [0.15, 0.2) is 24.3 Å². The van der Waals surface area contributed by atoms with Crippen LogP contribution in [0.25, 0.3) is 0 Å². The molecular formula is C19H29ClN4O3. The number of carbonyl (C=O) groups excluding carboxylic acids is 2. The second-order valence-electron chi connectivity index (χ2n) is 6.98. The van der Waals surface area contributed by atoms with Crippen molar-refractivity contribution in [1.29, 1.82) is 0 Å². The largest absolute Gasteiger partial charge is 0.379 e. The molecule has 1 unspecified atom stereocenters. The van der Waals surface area contributed by atoms with Gasteiger partial charge in [-0.1, -0.05) is 43.6 Å². The Kier molecular flexibility index (Phi) is 8.50. The molecule has 1 aromatic rings. The second kappa shape index (κ2) is 10.6. The number of halogens is 1. The summed E-state index contributed by atoms with van der Waals surface area (Å²) in [7, 11) is 0. The fraction of sp³-hybridized carbons (Fsp3) is 0.579. The van der Waals surface area contributed by atoms with Crippen LogP contribution >= 0.6 is 11.6 Å². The molecule has 1 fully saturated rings.